The number of amides is 1. The summed E-state index contributed by atoms with van der Waals surface area (Å²) in [6.07, 6.45) is 3.82. The Morgan fingerprint density at radius 2 is 2.09 bits per heavy atom. The Bertz CT molecular complexity index is 1800. The highest BCUT2D eigenvalue weighted by molar-refractivity contribution is 7.99. The van der Waals surface area contributed by atoms with E-state index in [1.807, 2.05) is 37.3 Å². The number of nitrogens with two attached hydrogens (primary N) is 1. The molecule has 3 atom stereocenters. The predicted molar refractivity (Wildman–Crippen MR) is 166 cm³/mol. The topological polar surface area (TPSA) is 148 Å². The predicted octanol–water partition coefficient (Wildman–Crippen LogP) is 5.22. The molecule has 1 amide bonds. The number of aromatic nitrogens is 6. The highest BCUT2D eigenvalue weighted by Crippen LogP contribution is 2.63. The summed E-state index contributed by atoms with van der Waals surface area (Å²) in [6.45, 7) is 4.31. The Labute approximate surface area is 260 Å². The van der Waals surface area contributed by atoms with Crippen molar-refractivity contribution < 1.29 is 9.53 Å². The zero-order valence-electron chi connectivity index (χ0n) is 23.2. The third-order valence-corrected chi connectivity index (χ3v) is 10.8. The molecule has 2 aliphatic rings. The van der Waals surface area contributed by atoms with Crippen LogP contribution in [0.4, 0.5) is 16.6 Å². The van der Waals surface area contributed by atoms with E-state index in [0.717, 1.165) is 46.6 Å². The number of imidazole rings is 1. The number of rotatable bonds is 8. The number of ether oxygens (including phenoxy) is 1. The lowest BCUT2D eigenvalue weighted by atomic mass is 10.0. The molecule has 5 aromatic rings. The zero-order valence-corrected chi connectivity index (χ0v) is 25.5. The summed E-state index contributed by atoms with van der Waals surface area (Å²) in [7, 11) is 0. The molecule has 4 aromatic heterocycles. The van der Waals surface area contributed by atoms with Crippen molar-refractivity contribution in [3.63, 3.8) is 0 Å². The van der Waals surface area contributed by atoms with Crippen LogP contribution in [-0.4, -0.2) is 55.6 Å². The molecule has 7 rings (SSSR count). The maximum Gasteiger partial charge on any atom is 0.407 e. The van der Waals surface area contributed by atoms with E-state index in [-0.39, 0.29) is 17.8 Å². The smallest absolute Gasteiger partial charge is 0.407 e. The molecule has 3 unspecified atom stereocenters. The van der Waals surface area contributed by atoms with Crippen molar-refractivity contribution in [2.45, 2.75) is 35.3 Å². The summed E-state index contributed by atoms with van der Waals surface area (Å²) in [4.78, 5) is 41.9. The summed E-state index contributed by atoms with van der Waals surface area (Å²) in [5.41, 5.74) is 8.69. The van der Waals surface area contributed by atoms with E-state index in [9.17, 15) is 4.79 Å². The highest BCUT2D eigenvalue weighted by Gasteiger charge is 2.68. The standard InChI is InChI=1S/C29H28ClN9O2S2/c1-16-14-42-26(35-16)29(15-34-28(40)41-13-17-5-3-2-4-6-17)18-8-10-39(12-19(18)29)27-37-24-25(38-27)36-21(11-33-24)43-20-7-9-32-23(31)22(20)30/h2-7,9,11,14,18-19H,8,10,12-13,15H2,1H3,(H2,31,32)(H,34,40)(H,33,36,37,38). The van der Waals surface area contributed by atoms with Crippen LogP contribution in [0.2, 0.25) is 5.02 Å². The quantitative estimate of drug-likeness (QED) is 0.208. The number of H-pyrrole nitrogens is 1. The first-order valence-corrected chi connectivity index (χ1v) is 15.9. The van der Waals surface area contributed by atoms with Gasteiger partial charge < -0.3 is 25.7 Å². The Balaban J connectivity index is 1.06. The average Bonchev–Trinajstić information content (AvgIpc) is 3.26. The maximum atomic E-state index is 12.7. The summed E-state index contributed by atoms with van der Waals surface area (Å²) >= 11 is 9.35. The molecule has 2 fully saturated rings. The minimum absolute atomic E-state index is 0.231. The van der Waals surface area contributed by atoms with Crippen molar-refractivity contribution in [1.82, 2.24) is 35.2 Å². The molecule has 0 spiro atoms. The van der Waals surface area contributed by atoms with Crippen LogP contribution >= 0.6 is 34.7 Å². The molecule has 14 heteroatoms. The number of hydrogen-bond donors (Lipinski definition) is 3. The molecule has 4 N–H and O–H groups in total. The largest absolute Gasteiger partial charge is 0.445 e. The van der Waals surface area contributed by atoms with E-state index >= 15 is 0 Å². The fourth-order valence-electron chi connectivity index (χ4n) is 5.98. The molecular weight excluding hydrogens is 606 g/mol. The SMILES string of the molecule is Cc1csc(C2(CNC(=O)OCc3ccccc3)C3CCN(c4nc5ncc(Sc6ccnc(N)c6Cl)nc5[nH]4)CC32)n1. The molecule has 11 nitrogen and oxygen atoms in total. The van der Waals surface area contributed by atoms with Crippen LogP contribution in [0.3, 0.4) is 0 Å². The van der Waals surface area contributed by atoms with Gasteiger partial charge in [0.25, 0.3) is 0 Å². The number of halogens is 1. The second-order valence-electron chi connectivity index (χ2n) is 10.7. The number of aryl methyl sites for hydroxylation is 1. The van der Waals surface area contributed by atoms with Crippen molar-refractivity contribution in [3.05, 3.63) is 75.5 Å². The van der Waals surface area contributed by atoms with E-state index in [2.05, 4.69) is 30.5 Å². The van der Waals surface area contributed by atoms with Gasteiger partial charge in [-0.2, -0.15) is 4.98 Å². The zero-order chi connectivity index (χ0) is 29.6. The Morgan fingerprint density at radius 3 is 2.91 bits per heavy atom. The monoisotopic (exact) mass is 633 g/mol. The first-order valence-electron chi connectivity index (χ1n) is 13.8. The number of aromatic amines is 1. The second-order valence-corrected chi connectivity index (χ2v) is 13.0. The second kappa shape index (κ2) is 11.3. The Kier molecular flexibility index (Phi) is 7.31. The molecule has 1 saturated carbocycles. The minimum Gasteiger partial charge on any atom is -0.445 e. The number of piperidine rings is 1. The minimum atomic E-state index is -0.421. The van der Waals surface area contributed by atoms with Gasteiger partial charge in [0.05, 0.1) is 11.2 Å². The lowest BCUT2D eigenvalue weighted by Gasteiger charge is -2.25. The van der Waals surface area contributed by atoms with Crippen molar-refractivity contribution in [2.75, 3.05) is 30.3 Å². The van der Waals surface area contributed by atoms with Gasteiger partial charge in [0.15, 0.2) is 11.3 Å². The molecule has 1 aliphatic heterocycles. The van der Waals surface area contributed by atoms with Crippen LogP contribution in [0, 0.1) is 18.8 Å². The number of nitrogen functional groups attached to an aromatic ring is 1. The van der Waals surface area contributed by atoms with Crippen LogP contribution in [0.25, 0.3) is 11.3 Å². The van der Waals surface area contributed by atoms with Gasteiger partial charge in [-0.3, -0.25) is 0 Å². The molecule has 1 aliphatic carbocycles. The molecule has 1 aromatic carbocycles. The van der Waals surface area contributed by atoms with E-state index in [1.165, 1.54) is 11.8 Å². The van der Waals surface area contributed by atoms with E-state index in [1.54, 1.807) is 29.8 Å². The first kappa shape index (κ1) is 27.9. The number of carbonyl (C=O) groups excluding carboxylic acids is 1. The van der Waals surface area contributed by atoms with Crippen molar-refractivity contribution in [2.24, 2.45) is 11.8 Å². The number of nitrogens with one attached hydrogen (secondary N) is 2. The van der Waals surface area contributed by atoms with Gasteiger partial charge in [-0.25, -0.2) is 24.7 Å². The van der Waals surface area contributed by atoms with Gasteiger partial charge in [0, 0.05) is 47.2 Å². The Hall–Kier alpha value is -3.94. The number of fused-ring (bicyclic) bond motifs is 2. The first-order chi connectivity index (χ1) is 20.9. The van der Waals surface area contributed by atoms with Gasteiger partial charge in [0.1, 0.15) is 22.5 Å². The molecule has 5 heterocycles. The van der Waals surface area contributed by atoms with Crippen LogP contribution in [-0.2, 0) is 16.8 Å². The van der Waals surface area contributed by atoms with Gasteiger partial charge in [-0.05, 0) is 36.8 Å². The molecule has 0 radical (unpaired) electrons. The number of hydrogen-bond acceptors (Lipinski definition) is 11. The summed E-state index contributed by atoms with van der Waals surface area (Å²) in [6, 6.07) is 11.5. The molecular formula is C29H28ClN9O2S2. The highest BCUT2D eigenvalue weighted by atomic mass is 35.5. The maximum absolute atomic E-state index is 12.7. The van der Waals surface area contributed by atoms with E-state index in [4.69, 9.17) is 37.0 Å². The lowest BCUT2D eigenvalue weighted by Crippen LogP contribution is -2.35. The third kappa shape index (κ3) is 5.36. The number of nitrogens with zero attached hydrogens (tertiary/aromatic N) is 6. The van der Waals surface area contributed by atoms with Crippen LogP contribution < -0.4 is 16.0 Å². The number of anilines is 2. The third-order valence-electron chi connectivity index (χ3n) is 8.15. The molecule has 1 saturated heterocycles. The van der Waals surface area contributed by atoms with Gasteiger partial charge in [0.2, 0.25) is 5.95 Å². The summed E-state index contributed by atoms with van der Waals surface area (Å²) < 4.78 is 5.50. The van der Waals surface area contributed by atoms with Crippen molar-refractivity contribution in [1.29, 1.82) is 0 Å². The van der Waals surface area contributed by atoms with Crippen LogP contribution in [0.1, 0.15) is 22.7 Å². The van der Waals surface area contributed by atoms with E-state index < -0.39 is 6.09 Å². The number of carbonyl (C=O) groups is 1. The average molecular weight is 634 g/mol. The van der Waals surface area contributed by atoms with E-state index in [0.29, 0.717) is 39.7 Å². The lowest BCUT2D eigenvalue weighted by molar-refractivity contribution is 0.138. The van der Waals surface area contributed by atoms with Gasteiger partial charge >= 0.3 is 6.09 Å². The molecule has 0 bridgehead atoms. The fraction of sp³-hybridized carbons (Fsp3) is 0.310. The van der Waals surface area contributed by atoms with Crippen LogP contribution in [0.15, 0.2) is 64.1 Å². The van der Waals surface area contributed by atoms with Crippen molar-refractivity contribution >= 4 is 63.9 Å². The number of benzene rings is 1. The normalized spacial score (nSPS) is 21.0. The summed E-state index contributed by atoms with van der Waals surface area (Å²) in [5, 5.41) is 7.25. The number of thiazole rings is 1. The Morgan fingerprint density at radius 1 is 1.23 bits per heavy atom. The number of alkyl carbamates (subject to hydrolysis) is 1. The van der Waals surface area contributed by atoms with Gasteiger partial charge in [-0.1, -0.05) is 53.7 Å². The molecule has 220 valence electrons. The van der Waals surface area contributed by atoms with Gasteiger partial charge in [-0.15, -0.1) is 11.3 Å². The fourth-order valence-corrected chi connectivity index (χ4v) is 8.13. The van der Waals surface area contributed by atoms with Crippen LogP contribution in [0.5, 0.6) is 0 Å². The summed E-state index contributed by atoms with van der Waals surface area (Å²) in [5.74, 6) is 1.72. The molecule has 43 heavy (non-hydrogen) atoms. The van der Waals surface area contributed by atoms with Crippen molar-refractivity contribution in [3.8, 4) is 0 Å². The number of pyridine rings is 1.